The van der Waals surface area contributed by atoms with Gasteiger partial charge in [0.1, 0.15) is 0 Å². The van der Waals surface area contributed by atoms with Crippen molar-refractivity contribution >= 4 is 5.69 Å². The molecule has 0 fully saturated rings. The Balaban J connectivity index is 0.000000427. The number of hydrogen-bond acceptors (Lipinski definition) is 4. The summed E-state index contributed by atoms with van der Waals surface area (Å²) >= 11 is 0. The molecule has 2 atom stereocenters. The molecule has 2 N–H and O–H groups in total. The van der Waals surface area contributed by atoms with Crippen molar-refractivity contribution in [1.29, 1.82) is 0 Å². The molecule has 5 nitrogen and oxygen atoms in total. The molecule has 4 rings (SSSR count). The van der Waals surface area contributed by atoms with Gasteiger partial charge in [0.15, 0.2) is 5.69 Å². The summed E-state index contributed by atoms with van der Waals surface area (Å²) in [6, 6.07) is 18.2. The third kappa shape index (κ3) is 10.6. The van der Waals surface area contributed by atoms with Crippen molar-refractivity contribution in [3.05, 3.63) is 99.5 Å². The maximum absolute atomic E-state index is 9.96. The molecule has 0 aliphatic rings. The Labute approximate surface area is 303 Å². The predicted molar refractivity (Wildman–Crippen MR) is 197 cm³/mol. The Morgan fingerprint density at radius 3 is 1.73 bits per heavy atom. The Bertz CT molecular complexity index is 1630. The molecule has 48 heavy (non-hydrogen) atoms. The summed E-state index contributed by atoms with van der Waals surface area (Å²) in [6.07, 6.45) is 5.66. The van der Waals surface area contributed by atoms with Crippen LogP contribution >= 0.6 is 0 Å². The van der Waals surface area contributed by atoms with Crippen LogP contribution < -0.4 is 0 Å². The van der Waals surface area contributed by atoms with E-state index in [0.29, 0.717) is 23.9 Å². The molecule has 0 saturated carbocycles. The largest absolute Gasteiger partial charge is 0.393 e. The Morgan fingerprint density at radius 1 is 0.708 bits per heavy atom. The van der Waals surface area contributed by atoms with Gasteiger partial charge >= 0.3 is 0 Å². The molecule has 259 valence electrons. The van der Waals surface area contributed by atoms with Crippen LogP contribution in [0.2, 0.25) is 0 Å². The summed E-state index contributed by atoms with van der Waals surface area (Å²) in [5, 5.41) is 19.9. The van der Waals surface area contributed by atoms with Crippen LogP contribution in [0, 0.1) is 66.0 Å². The molecule has 1 radical (unpaired) electrons. The van der Waals surface area contributed by atoms with Crippen molar-refractivity contribution in [3.8, 4) is 33.8 Å². The van der Waals surface area contributed by atoms with Gasteiger partial charge in [0.25, 0.3) is 0 Å². The van der Waals surface area contributed by atoms with Gasteiger partial charge in [-0.2, -0.15) is 0 Å². The topological polar surface area (TPSA) is 70.6 Å². The van der Waals surface area contributed by atoms with Crippen LogP contribution in [0.5, 0.6) is 0 Å². The number of hydrogen-bond donors (Lipinski definition) is 2. The first-order valence-electron chi connectivity index (χ1n) is 17.2. The summed E-state index contributed by atoms with van der Waals surface area (Å²) in [4.78, 5) is 13.7. The predicted octanol–water partition coefficient (Wildman–Crippen LogP) is 10.6. The minimum absolute atomic E-state index is 0. The van der Waals surface area contributed by atoms with E-state index < -0.39 is 0 Å². The fourth-order valence-corrected chi connectivity index (χ4v) is 6.57. The number of aliphatic hydroxyl groups is 2. The van der Waals surface area contributed by atoms with E-state index in [2.05, 4.69) is 103 Å². The molecular weight excluding hydrogens is 771 g/mol. The van der Waals surface area contributed by atoms with Crippen LogP contribution in [0.1, 0.15) is 93.2 Å². The molecular formula is C42H54IrN3O2-. The molecule has 3 aromatic carbocycles. The normalized spacial score (nSPS) is 12.2. The van der Waals surface area contributed by atoms with E-state index in [0.717, 1.165) is 76.1 Å². The molecule has 2 unspecified atom stereocenters. The van der Waals surface area contributed by atoms with Crippen LogP contribution in [0.15, 0.2) is 48.7 Å². The number of nitrogens with zero attached hydrogens (tertiary/aromatic N) is 3. The van der Waals surface area contributed by atoms with Crippen LogP contribution in [-0.4, -0.2) is 32.4 Å². The van der Waals surface area contributed by atoms with Crippen molar-refractivity contribution in [2.24, 2.45) is 11.8 Å². The van der Waals surface area contributed by atoms with Gasteiger partial charge in [-0.25, -0.2) is 4.85 Å². The van der Waals surface area contributed by atoms with Crippen molar-refractivity contribution in [1.82, 2.24) is 9.97 Å². The summed E-state index contributed by atoms with van der Waals surface area (Å²) in [5.41, 5.74) is 12.6. The second-order valence-corrected chi connectivity index (χ2v) is 13.2. The van der Waals surface area contributed by atoms with Gasteiger partial charge in [-0.05, 0) is 62.6 Å². The first kappa shape index (κ1) is 41.0. The number of aliphatic hydroxyl groups excluding tert-OH is 2. The van der Waals surface area contributed by atoms with E-state index in [1.54, 1.807) is 0 Å². The van der Waals surface area contributed by atoms with Gasteiger partial charge in [-0.1, -0.05) is 114 Å². The second kappa shape index (κ2) is 19.1. The molecule has 1 heterocycles. The molecule has 4 aromatic rings. The maximum Gasteiger partial charge on any atom is 0.191 e. The van der Waals surface area contributed by atoms with Crippen molar-refractivity contribution in [3.63, 3.8) is 0 Å². The Kier molecular flexibility index (Phi) is 16.3. The maximum atomic E-state index is 9.96. The fraction of sp³-hybridized carbons (Fsp3) is 0.452. The quantitative estimate of drug-likeness (QED) is 0.148. The number of aryl methyl sites for hydroxylation is 5. The third-order valence-corrected chi connectivity index (χ3v) is 9.26. The fourth-order valence-electron chi connectivity index (χ4n) is 6.57. The Hall–Kier alpha value is -3.20. The SMILES string of the molecule is CCC(CC)C(O)CC(O)C(CC)CC.[C-]#[N+]c1cc(C)cc(-c2cnc(-c3[c-]c(C)cc(C)c3)c(-c3cc(C)cc(C)c3)n2)c1C.[Ir]. The Morgan fingerprint density at radius 2 is 1.23 bits per heavy atom. The van der Waals surface area contributed by atoms with Gasteiger partial charge in [-0.3, -0.25) is 4.98 Å². The standard InChI is InChI=1S/C29H26N3.C13H28O2.Ir/c1-17-8-18(2)11-23(10-17)28-29(24-12-19(3)9-20(4)13-24)32-27(16-31-28)25-14-21(5)15-26(30-7)22(25)6;1-5-10(6-2)12(14)9-13(15)11(7-3)8-4;/h8-10,12-16H,1-6H3;10-15H,5-9H2,1-4H3;/q-1;;. The molecule has 0 aliphatic heterocycles. The summed E-state index contributed by atoms with van der Waals surface area (Å²) < 4.78 is 0. The van der Waals surface area contributed by atoms with Crippen molar-refractivity contribution < 1.29 is 30.3 Å². The van der Waals surface area contributed by atoms with E-state index in [4.69, 9.17) is 16.5 Å². The molecule has 0 bridgehead atoms. The van der Waals surface area contributed by atoms with E-state index in [1.807, 2.05) is 26.1 Å². The van der Waals surface area contributed by atoms with Crippen LogP contribution in [0.4, 0.5) is 5.69 Å². The average Bonchev–Trinajstić information content (AvgIpc) is 3.02. The average molecular weight is 825 g/mol. The van der Waals surface area contributed by atoms with Gasteiger partial charge in [0, 0.05) is 32.0 Å². The molecule has 6 heteroatoms. The zero-order valence-electron chi connectivity index (χ0n) is 30.5. The van der Waals surface area contributed by atoms with Crippen LogP contribution in [-0.2, 0) is 20.1 Å². The zero-order chi connectivity index (χ0) is 34.8. The third-order valence-electron chi connectivity index (χ3n) is 9.26. The minimum atomic E-state index is -0.337. The molecule has 1 aromatic heterocycles. The monoisotopic (exact) mass is 825 g/mol. The van der Waals surface area contributed by atoms with Gasteiger partial charge in [-0.15, -0.1) is 34.9 Å². The van der Waals surface area contributed by atoms with E-state index in [-0.39, 0.29) is 32.3 Å². The van der Waals surface area contributed by atoms with Gasteiger partial charge in [0.05, 0.1) is 30.2 Å². The van der Waals surface area contributed by atoms with Crippen molar-refractivity contribution in [2.45, 2.75) is 114 Å². The first-order valence-corrected chi connectivity index (χ1v) is 17.2. The summed E-state index contributed by atoms with van der Waals surface area (Å²) in [7, 11) is 0. The van der Waals surface area contributed by atoms with Crippen LogP contribution in [0.25, 0.3) is 38.6 Å². The molecule has 0 aliphatic carbocycles. The van der Waals surface area contributed by atoms with Crippen molar-refractivity contribution in [2.75, 3.05) is 0 Å². The van der Waals surface area contributed by atoms with E-state index in [9.17, 15) is 10.2 Å². The van der Waals surface area contributed by atoms with Gasteiger partial charge < -0.3 is 15.2 Å². The van der Waals surface area contributed by atoms with Gasteiger partial charge in [0.2, 0.25) is 0 Å². The van der Waals surface area contributed by atoms with E-state index >= 15 is 0 Å². The van der Waals surface area contributed by atoms with Crippen LogP contribution in [0.3, 0.4) is 0 Å². The number of aromatic nitrogens is 2. The molecule has 0 spiro atoms. The molecule has 0 amide bonds. The molecule has 0 saturated heterocycles. The number of rotatable bonds is 11. The zero-order valence-corrected chi connectivity index (χ0v) is 32.9. The smallest absolute Gasteiger partial charge is 0.191 e. The van der Waals surface area contributed by atoms with E-state index in [1.165, 1.54) is 16.7 Å². The summed E-state index contributed by atoms with van der Waals surface area (Å²) in [6.45, 7) is 28.3. The second-order valence-electron chi connectivity index (χ2n) is 13.2. The minimum Gasteiger partial charge on any atom is -0.393 e. The number of benzene rings is 3. The summed E-state index contributed by atoms with van der Waals surface area (Å²) in [5.74, 6) is 0.683. The first-order chi connectivity index (χ1) is 22.3.